The molecule has 0 bridgehead atoms. The molecule has 126 valence electrons. The van der Waals surface area contributed by atoms with E-state index in [9.17, 15) is 4.79 Å². The van der Waals surface area contributed by atoms with E-state index in [2.05, 4.69) is 31.3 Å². The minimum absolute atomic E-state index is 0.518. The first-order valence-corrected chi connectivity index (χ1v) is 7.76. The van der Waals surface area contributed by atoms with E-state index in [0.717, 1.165) is 37.7 Å². The molecule has 7 heteroatoms. The Labute approximate surface area is 140 Å². The molecule has 0 aliphatic carbocycles. The van der Waals surface area contributed by atoms with Gasteiger partial charge in [0.05, 0.1) is 43.6 Å². The lowest BCUT2D eigenvalue weighted by Crippen LogP contribution is -2.36. The highest BCUT2D eigenvalue weighted by molar-refractivity contribution is 5.84. The number of pyridine rings is 1. The molecule has 1 amide bonds. The smallest absolute Gasteiger partial charge is 0.411 e. The van der Waals surface area contributed by atoms with Crippen LogP contribution in [0.25, 0.3) is 0 Å². The molecule has 24 heavy (non-hydrogen) atoms. The van der Waals surface area contributed by atoms with E-state index in [4.69, 9.17) is 4.74 Å². The quantitative estimate of drug-likeness (QED) is 0.899. The number of morpholine rings is 1. The number of para-hydroxylation sites is 2. The molecular weight excluding hydrogens is 308 g/mol. The van der Waals surface area contributed by atoms with Gasteiger partial charge in [0.1, 0.15) is 5.82 Å². The van der Waals surface area contributed by atoms with E-state index < -0.39 is 6.09 Å². The molecule has 1 fully saturated rings. The molecule has 7 nitrogen and oxygen atoms in total. The Balaban J connectivity index is 1.72. The predicted octanol–water partition coefficient (Wildman–Crippen LogP) is 2.84. The van der Waals surface area contributed by atoms with Gasteiger partial charge in [-0.1, -0.05) is 12.1 Å². The normalized spacial score (nSPS) is 14.1. The van der Waals surface area contributed by atoms with Gasteiger partial charge < -0.3 is 19.7 Å². The number of hydrogen-bond acceptors (Lipinski definition) is 6. The van der Waals surface area contributed by atoms with Crippen LogP contribution in [0, 0.1) is 0 Å². The summed E-state index contributed by atoms with van der Waals surface area (Å²) in [5, 5.41) is 5.90. The number of nitrogens with one attached hydrogen (secondary N) is 2. The second-order valence-electron chi connectivity index (χ2n) is 5.29. The van der Waals surface area contributed by atoms with E-state index >= 15 is 0 Å². The SMILES string of the molecule is COC(=O)Nc1ccc(Nc2ccccc2N2CCOCC2)nc1. The number of carbonyl (C=O) groups excluding carboxylic acids is 1. The first-order chi connectivity index (χ1) is 11.8. The topological polar surface area (TPSA) is 75.7 Å². The lowest BCUT2D eigenvalue weighted by molar-refractivity contribution is 0.123. The third-order valence-electron chi connectivity index (χ3n) is 3.71. The van der Waals surface area contributed by atoms with Crippen LogP contribution in [0.4, 0.5) is 27.7 Å². The van der Waals surface area contributed by atoms with Crippen molar-refractivity contribution in [2.45, 2.75) is 0 Å². The molecule has 3 rings (SSSR count). The number of rotatable bonds is 4. The molecule has 1 aliphatic heterocycles. The zero-order valence-electron chi connectivity index (χ0n) is 13.5. The summed E-state index contributed by atoms with van der Waals surface area (Å²) in [6.45, 7) is 3.21. The minimum Gasteiger partial charge on any atom is -0.453 e. The summed E-state index contributed by atoms with van der Waals surface area (Å²) in [5.41, 5.74) is 2.69. The van der Waals surface area contributed by atoms with Crippen molar-refractivity contribution in [3.8, 4) is 0 Å². The van der Waals surface area contributed by atoms with E-state index in [1.807, 2.05) is 18.2 Å². The van der Waals surface area contributed by atoms with Crippen LogP contribution in [0.3, 0.4) is 0 Å². The first kappa shape index (κ1) is 16.1. The third-order valence-corrected chi connectivity index (χ3v) is 3.71. The van der Waals surface area contributed by atoms with Crippen molar-refractivity contribution in [1.29, 1.82) is 0 Å². The van der Waals surface area contributed by atoms with Crippen molar-refractivity contribution in [2.24, 2.45) is 0 Å². The molecule has 1 aromatic heterocycles. The third kappa shape index (κ3) is 3.94. The van der Waals surface area contributed by atoms with Gasteiger partial charge in [-0.15, -0.1) is 0 Å². The zero-order chi connectivity index (χ0) is 16.8. The van der Waals surface area contributed by atoms with Gasteiger partial charge in [-0.05, 0) is 24.3 Å². The Hall–Kier alpha value is -2.80. The van der Waals surface area contributed by atoms with E-state index in [1.165, 1.54) is 7.11 Å². The number of amides is 1. The van der Waals surface area contributed by atoms with Crippen LogP contribution in [0.1, 0.15) is 0 Å². The number of ether oxygens (including phenoxy) is 2. The number of nitrogens with zero attached hydrogens (tertiary/aromatic N) is 2. The fraction of sp³-hybridized carbons (Fsp3) is 0.294. The van der Waals surface area contributed by atoms with Gasteiger partial charge in [-0.3, -0.25) is 5.32 Å². The van der Waals surface area contributed by atoms with Gasteiger partial charge in [0.25, 0.3) is 0 Å². The summed E-state index contributed by atoms with van der Waals surface area (Å²) < 4.78 is 9.97. The van der Waals surface area contributed by atoms with Crippen LogP contribution < -0.4 is 15.5 Å². The number of methoxy groups -OCH3 is 1. The summed E-state index contributed by atoms with van der Waals surface area (Å²) in [6.07, 6.45) is 1.06. The van der Waals surface area contributed by atoms with Crippen molar-refractivity contribution in [2.75, 3.05) is 48.9 Å². The van der Waals surface area contributed by atoms with Gasteiger partial charge in [0.15, 0.2) is 0 Å². The van der Waals surface area contributed by atoms with Crippen LogP contribution in [-0.4, -0.2) is 44.5 Å². The Morgan fingerprint density at radius 3 is 2.71 bits per heavy atom. The van der Waals surface area contributed by atoms with Crippen molar-refractivity contribution >= 4 is 29.0 Å². The highest BCUT2D eigenvalue weighted by Crippen LogP contribution is 2.28. The number of aromatic nitrogens is 1. The number of carbonyl (C=O) groups is 1. The fourth-order valence-corrected chi connectivity index (χ4v) is 2.51. The number of benzene rings is 1. The average molecular weight is 328 g/mol. The Morgan fingerprint density at radius 1 is 1.21 bits per heavy atom. The fourth-order valence-electron chi connectivity index (χ4n) is 2.51. The standard InChI is InChI=1S/C17H20N4O3/c1-23-17(22)19-13-6-7-16(18-12-13)20-14-4-2-3-5-15(14)21-8-10-24-11-9-21/h2-7,12H,8-11H2,1H3,(H,18,20)(H,19,22). The Bertz CT molecular complexity index is 684. The maximum Gasteiger partial charge on any atom is 0.411 e. The summed E-state index contributed by atoms with van der Waals surface area (Å²) in [6, 6.07) is 11.7. The molecule has 1 aromatic carbocycles. The van der Waals surface area contributed by atoms with Crippen LogP contribution in [0.15, 0.2) is 42.6 Å². The van der Waals surface area contributed by atoms with Crippen molar-refractivity contribution in [1.82, 2.24) is 4.98 Å². The molecule has 0 spiro atoms. The Kier molecular flexibility index (Phi) is 5.12. The molecule has 1 aliphatic rings. The van der Waals surface area contributed by atoms with E-state index in [1.54, 1.807) is 18.3 Å². The van der Waals surface area contributed by atoms with Crippen molar-refractivity contribution in [3.63, 3.8) is 0 Å². The monoisotopic (exact) mass is 328 g/mol. The average Bonchev–Trinajstić information content (AvgIpc) is 2.64. The highest BCUT2D eigenvalue weighted by Gasteiger charge is 2.14. The van der Waals surface area contributed by atoms with Crippen LogP contribution in [0.2, 0.25) is 0 Å². The lowest BCUT2D eigenvalue weighted by atomic mass is 10.2. The zero-order valence-corrected chi connectivity index (χ0v) is 13.5. The van der Waals surface area contributed by atoms with Gasteiger partial charge in [-0.25, -0.2) is 9.78 Å². The van der Waals surface area contributed by atoms with E-state index in [-0.39, 0.29) is 0 Å². The van der Waals surface area contributed by atoms with Crippen LogP contribution in [0.5, 0.6) is 0 Å². The van der Waals surface area contributed by atoms with Gasteiger partial charge in [0.2, 0.25) is 0 Å². The molecule has 2 aromatic rings. The largest absolute Gasteiger partial charge is 0.453 e. The summed E-state index contributed by atoms with van der Waals surface area (Å²) in [7, 11) is 1.32. The molecular formula is C17H20N4O3. The van der Waals surface area contributed by atoms with Crippen LogP contribution >= 0.6 is 0 Å². The maximum absolute atomic E-state index is 11.2. The molecule has 1 saturated heterocycles. The highest BCUT2D eigenvalue weighted by atomic mass is 16.5. The molecule has 0 atom stereocenters. The predicted molar refractivity (Wildman–Crippen MR) is 93.0 cm³/mol. The second-order valence-corrected chi connectivity index (χ2v) is 5.29. The molecule has 0 unspecified atom stereocenters. The molecule has 0 saturated carbocycles. The van der Waals surface area contributed by atoms with Gasteiger partial charge in [0, 0.05) is 13.1 Å². The minimum atomic E-state index is -0.518. The second kappa shape index (κ2) is 7.65. The van der Waals surface area contributed by atoms with Crippen molar-refractivity contribution in [3.05, 3.63) is 42.6 Å². The number of anilines is 4. The molecule has 0 radical (unpaired) electrons. The summed E-state index contributed by atoms with van der Waals surface area (Å²) in [4.78, 5) is 17.8. The molecule has 2 heterocycles. The van der Waals surface area contributed by atoms with Crippen molar-refractivity contribution < 1.29 is 14.3 Å². The molecule has 2 N–H and O–H groups in total. The van der Waals surface area contributed by atoms with Crippen LogP contribution in [-0.2, 0) is 9.47 Å². The van der Waals surface area contributed by atoms with Gasteiger partial charge >= 0.3 is 6.09 Å². The lowest BCUT2D eigenvalue weighted by Gasteiger charge is -2.30. The summed E-state index contributed by atoms with van der Waals surface area (Å²) >= 11 is 0. The summed E-state index contributed by atoms with van der Waals surface area (Å²) in [5.74, 6) is 0.700. The maximum atomic E-state index is 11.2. The van der Waals surface area contributed by atoms with E-state index in [0.29, 0.717) is 11.5 Å². The van der Waals surface area contributed by atoms with Gasteiger partial charge in [-0.2, -0.15) is 0 Å². The Morgan fingerprint density at radius 2 is 2.00 bits per heavy atom. The first-order valence-electron chi connectivity index (χ1n) is 7.76. The number of hydrogen-bond donors (Lipinski definition) is 2.